The van der Waals surface area contributed by atoms with Crippen LogP contribution in [0.4, 0.5) is 5.69 Å². The first-order chi connectivity index (χ1) is 9.31. The van der Waals surface area contributed by atoms with Gasteiger partial charge in [-0.2, -0.15) is 0 Å². The Balaban J connectivity index is 1.94. The van der Waals surface area contributed by atoms with Crippen molar-refractivity contribution in [2.75, 3.05) is 18.0 Å². The Kier molecular flexibility index (Phi) is 3.09. The summed E-state index contributed by atoms with van der Waals surface area (Å²) in [4.78, 5) is 14.3. The Bertz CT molecular complexity index is 578. The van der Waals surface area contributed by atoms with E-state index in [0.29, 0.717) is 24.6 Å². The van der Waals surface area contributed by atoms with Crippen molar-refractivity contribution in [3.05, 3.63) is 54.0 Å². The summed E-state index contributed by atoms with van der Waals surface area (Å²) in [6.45, 7) is 1.33. The van der Waals surface area contributed by atoms with E-state index >= 15 is 0 Å². The number of nitrogens with two attached hydrogens (primary N) is 1. The van der Waals surface area contributed by atoms with Crippen LogP contribution in [0.5, 0.6) is 0 Å². The lowest BCUT2D eigenvalue weighted by atomic mass is 9.98. The van der Waals surface area contributed by atoms with Gasteiger partial charge in [0.2, 0.25) is 0 Å². The molecule has 0 saturated heterocycles. The van der Waals surface area contributed by atoms with Gasteiger partial charge in [-0.15, -0.1) is 0 Å². The van der Waals surface area contributed by atoms with Crippen molar-refractivity contribution in [3.63, 3.8) is 0 Å². The number of carbonyl (C=O) groups excluding carboxylic acids is 1. The van der Waals surface area contributed by atoms with Gasteiger partial charge in [-0.25, -0.2) is 0 Å². The summed E-state index contributed by atoms with van der Waals surface area (Å²) in [5.74, 6) is 0.317. The fraction of sp³-hybridized carbons (Fsp3) is 0.267. The van der Waals surface area contributed by atoms with E-state index < -0.39 is 0 Å². The first-order valence-electron chi connectivity index (χ1n) is 6.44. The number of hydrogen-bond acceptors (Lipinski definition) is 3. The Morgan fingerprint density at radius 1 is 1.37 bits per heavy atom. The first-order valence-corrected chi connectivity index (χ1v) is 6.44. The number of amides is 1. The fourth-order valence-corrected chi connectivity index (χ4v) is 2.68. The van der Waals surface area contributed by atoms with E-state index in [4.69, 9.17) is 10.2 Å². The van der Waals surface area contributed by atoms with Gasteiger partial charge < -0.3 is 15.1 Å². The van der Waals surface area contributed by atoms with Gasteiger partial charge in [-0.05, 0) is 30.7 Å². The normalized spacial score (nSPS) is 17.5. The molecule has 2 heterocycles. The lowest BCUT2D eigenvalue weighted by Crippen LogP contribution is -2.29. The average Bonchev–Trinajstić information content (AvgIpc) is 3.07. The van der Waals surface area contributed by atoms with Crippen LogP contribution in [-0.4, -0.2) is 19.0 Å². The third-order valence-electron chi connectivity index (χ3n) is 3.60. The maximum atomic E-state index is 12.5. The van der Waals surface area contributed by atoms with Gasteiger partial charge in [-0.1, -0.05) is 18.2 Å². The predicted octanol–water partition coefficient (Wildman–Crippen LogP) is 2.37. The summed E-state index contributed by atoms with van der Waals surface area (Å²) in [5, 5.41) is 0. The number of nitrogens with zero attached hydrogens (tertiary/aromatic N) is 1. The van der Waals surface area contributed by atoms with Crippen LogP contribution in [0.3, 0.4) is 0 Å². The van der Waals surface area contributed by atoms with E-state index in [1.54, 1.807) is 6.07 Å². The van der Waals surface area contributed by atoms with Gasteiger partial charge in [0.25, 0.3) is 5.91 Å². The van der Waals surface area contributed by atoms with Crippen molar-refractivity contribution < 1.29 is 9.21 Å². The molecule has 1 aromatic heterocycles. The molecule has 98 valence electrons. The van der Waals surface area contributed by atoms with Crippen LogP contribution in [0.25, 0.3) is 0 Å². The van der Waals surface area contributed by atoms with Gasteiger partial charge in [-0.3, -0.25) is 4.79 Å². The van der Waals surface area contributed by atoms with Crippen LogP contribution in [0, 0.1) is 0 Å². The van der Waals surface area contributed by atoms with E-state index in [1.807, 2.05) is 23.1 Å². The van der Waals surface area contributed by atoms with E-state index in [-0.39, 0.29) is 5.91 Å². The molecular formula is C15H16N2O2. The monoisotopic (exact) mass is 256 g/mol. The number of fused-ring (bicyclic) bond motifs is 1. The third-order valence-corrected chi connectivity index (χ3v) is 3.60. The van der Waals surface area contributed by atoms with Crippen molar-refractivity contribution in [2.24, 2.45) is 5.73 Å². The molecule has 1 aromatic carbocycles. The molecule has 1 atom stereocenters. The summed E-state index contributed by atoms with van der Waals surface area (Å²) >= 11 is 0. The molecule has 3 rings (SSSR count). The topological polar surface area (TPSA) is 59.5 Å². The van der Waals surface area contributed by atoms with Crippen LogP contribution in [0.1, 0.15) is 28.3 Å². The zero-order chi connectivity index (χ0) is 13.2. The molecule has 0 fully saturated rings. The minimum atomic E-state index is -0.0132. The predicted molar refractivity (Wildman–Crippen MR) is 73.2 cm³/mol. The summed E-state index contributed by atoms with van der Waals surface area (Å²) in [6.07, 6.45) is 3.90. The SMILES string of the molecule is NCCC1CN(C(=O)c2ccoc2)c2ccccc21. The van der Waals surface area contributed by atoms with Gasteiger partial charge in [0, 0.05) is 18.2 Å². The summed E-state index contributed by atoms with van der Waals surface area (Å²) in [6, 6.07) is 9.73. The Labute approximate surface area is 111 Å². The molecule has 1 amide bonds. The minimum Gasteiger partial charge on any atom is -0.472 e. The highest BCUT2D eigenvalue weighted by molar-refractivity contribution is 6.07. The molecule has 2 aromatic rings. The maximum absolute atomic E-state index is 12.5. The standard InChI is InChI=1S/C15H16N2O2/c16-7-5-11-9-17(14-4-2-1-3-13(11)14)15(18)12-6-8-19-10-12/h1-4,6,8,10-11H,5,7,9,16H2. The number of rotatable bonds is 3. The highest BCUT2D eigenvalue weighted by Crippen LogP contribution is 2.38. The molecule has 0 spiro atoms. The molecular weight excluding hydrogens is 240 g/mol. The van der Waals surface area contributed by atoms with Crippen molar-refractivity contribution >= 4 is 11.6 Å². The molecule has 0 saturated carbocycles. The molecule has 0 aliphatic carbocycles. The van der Waals surface area contributed by atoms with Crippen LogP contribution >= 0.6 is 0 Å². The molecule has 2 N–H and O–H groups in total. The lowest BCUT2D eigenvalue weighted by molar-refractivity contribution is 0.0987. The van der Waals surface area contributed by atoms with Crippen LogP contribution in [0.2, 0.25) is 0 Å². The van der Waals surface area contributed by atoms with Crippen molar-refractivity contribution in [3.8, 4) is 0 Å². The highest BCUT2D eigenvalue weighted by Gasteiger charge is 2.32. The molecule has 19 heavy (non-hydrogen) atoms. The fourth-order valence-electron chi connectivity index (χ4n) is 2.68. The van der Waals surface area contributed by atoms with Crippen LogP contribution in [-0.2, 0) is 0 Å². The summed E-state index contributed by atoms with van der Waals surface area (Å²) < 4.78 is 4.99. The number of furan rings is 1. The minimum absolute atomic E-state index is 0.0132. The van der Waals surface area contributed by atoms with E-state index in [9.17, 15) is 4.79 Å². The van der Waals surface area contributed by atoms with Gasteiger partial charge in [0.15, 0.2) is 0 Å². The van der Waals surface area contributed by atoms with Crippen molar-refractivity contribution in [1.29, 1.82) is 0 Å². The van der Waals surface area contributed by atoms with E-state index in [1.165, 1.54) is 18.1 Å². The molecule has 1 aliphatic rings. The van der Waals surface area contributed by atoms with Gasteiger partial charge in [0.05, 0.1) is 11.8 Å². The smallest absolute Gasteiger partial charge is 0.261 e. The van der Waals surface area contributed by atoms with E-state index in [0.717, 1.165) is 12.1 Å². The summed E-state index contributed by atoms with van der Waals surface area (Å²) in [5.41, 5.74) is 8.45. The second-order valence-electron chi connectivity index (χ2n) is 4.76. The van der Waals surface area contributed by atoms with Gasteiger partial charge >= 0.3 is 0 Å². The maximum Gasteiger partial charge on any atom is 0.261 e. The Morgan fingerprint density at radius 3 is 2.95 bits per heavy atom. The largest absolute Gasteiger partial charge is 0.472 e. The molecule has 4 nitrogen and oxygen atoms in total. The number of para-hydroxylation sites is 1. The van der Waals surface area contributed by atoms with Gasteiger partial charge in [0.1, 0.15) is 6.26 Å². The van der Waals surface area contributed by atoms with Crippen LogP contribution < -0.4 is 10.6 Å². The Morgan fingerprint density at radius 2 is 2.21 bits per heavy atom. The zero-order valence-corrected chi connectivity index (χ0v) is 10.6. The number of carbonyl (C=O) groups is 1. The number of benzene rings is 1. The van der Waals surface area contributed by atoms with Crippen molar-refractivity contribution in [2.45, 2.75) is 12.3 Å². The van der Waals surface area contributed by atoms with Crippen LogP contribution in [0.15, 0.2) is 47.3 Å². The van der Waals surface area contributed by atoms with E-state index in [2.05, 4.69) is 6.07 Å². The first kappa shape index (κ1) is 12.0. The zero-order valence-electron chi connectivity index (χ0n) is 10.6. The highest BCUT2D eigenvalue weighted by atomic mass is 16.3. The third kappa shape index (κ3) is 2.04. The summed E-state index contributed by atoms with van der Waals surface area (Å²) in [7, 11) is 0. The average molecular weight is 256 g/mol. The molecule has 1 aliphatic heterocycles. The molecule has 0 radical (unpaired) electrons. The quantitative estimate of drug-likeness (QED) is 0.917. The molecule has 4 heteroatoms. The number of hydrogen-bond donors (Lipinski definition) is 1. The Hall–Kier alpha value is -2.07. The second kappa shape index (κ2) is 4.90. The van der Waals surface area contributed by atoms with Crippen molar-refractivity contribution in [1.82, 2.24) is 0 Å². The number of anilines is 1. The molecule has 0 bridgehead atoms. The molecule has 1 unspecified atom stereocenters. The second-order valence-corrected chi connectivity index (χ2v) is 4.76. The lowest BCUT2D eigenvalue weighted by Gasteiger charge is -2.16.